The van der Waals surface area contributed by atoms with E-state index in [1.807, 2.05) is 0 Å². The van der Waals surface area contributed by atoms with Crippen molar-refractivity contribution in [2.24, 2.45) is 0 Å². The van der Waals surface area contributed by atoms with E-state index in [1.54, 1.807) is 0 Å². The molecule has 3 rings (SSSR count). The Morgan fingerprint density at radius 1 is 1.29 bits per heavy atom. The average molecular weight is 357 g/mol. The van der Waals surface area contributed by atoms with E-state index in [0.717, 1.165) is 11.3 Å². The normalized spacial score (nSPS) is 17.0. The zero-order valence-corrected chi connectivity index (χ0v) is 13.3. The molecule has 0 aliphatic carbocycles. The van der Waals surface area contributed by atoms with Crippen LogP contribution in [0.5, 0.6) is 0 Å². The molecule has 1 aliphatic rings. The van der Waals surface area contributed by atoms with Crippen molar-refractivity contribution in [3.8, 4) is 0 Å². The Hall–Kier alpha value is -2.16. The van der Waals surface area contributed by atoms with Gasteiger partial charge in [-0.2, -0.15) is 0 Å². The summed E-state index contributed by atoms with van der Waals surface area (Å²) in [5.74, 6) is -4.26. The van der Waals surface area contributed by atoms with Gasteiger partial charge >= 0.3 is 5.97 Å². The monoisotopic (exact) mass is 357 g/mol. The number of hydrogen-bond donors (Lipinski definition) is 1. The second kappa shape index (κ2) is 6.39. The number of aromatic nitrogens is 2. The van der Waals surface area contributed by atoms with Gasteiger partial charge in [-0.15, -0.1) is 11.3 Å². The fourth-order valence-electron chi connectivity index (χ4n) is 2.51. The number of pyridine rings is 1. The fraction of sp³-hybridized carbons (Fsp3) is 0.400. The van der Waals surface area contributed by atoms with E-state index in [-0.39, 0.29) is 43.0 Å². The third-order valence-electron chi connectivity index (χ3n) is 3.79. The minimum atomic E-state index is -2.69. The van der Waals surface area contributed by atoms with Crippen LogP contribution in [0, 0.1) is 5.82 Å². The van der Waals surface area contributed by atoms with Gasteiger partial charge in [-0.3, -0.25) is 0 Å². The maximum Gasteiger partial charge on any atom is 0.347 e. The summed E-state index contributed by atoms with van der Waals surface area (Å²) in [5, 5.41) is 9.41. The molecular weight excluding hydrogens is 343 g/mol. The highest BCUT2D eigenvalue weighted by Crippen LogP contribution is 2.31. The smallest absolute Gasteiger partial charge is 0.347 e. The van der Waals surface area contributed by atoms with Crippen LogP contribution in [-0.2, 0) is 6.42 Å². The predicted octanol–water partition coefficient (Wildman–Crippen LogP) is 3.20. The lowest BCUT2D eigenvalue weighted by molar-refractivity contribution is -0.0222. The summed E-state index contributed by atoms with van der Waals surface area (Å²) < 4.78 is 40.6. The van der Waals surface area contributed by atoms with Gasteiger partial charge in [-0.05, 0) is 11.6 Å². The zero-order chi connectivity index (χ0) is 17.3. The molecule has 128 valence electrons. The number of nitrogens with zero attached hydrogens (tertiary/aromatic N) is 3. The van der Waals surface area contributed by atoms with Crippen LogP contribution in [0.2, 0.25) is 0 Å². The van der Waals surface area contributed by atoms with Crippen molar-refractivity contribution in [2.45, 2.75) is 25.2 Å². The number of rotatable bonds is 4. The van der Waals surface area contributed by atoms with Gasteiger partial charge in [0, 0.05) is 38.5 Å². The number of alkyl halides is 2. The molecule has 1 fully saturated rings. The van der Waals surface area contributed by atoms with Crippen LogP contribution in [0.3, 0.4) is 0 Å². The summed E-state index contributed by atoms with van der Waals surface area (Å²) in [6.07, 6.45) is 2.36. The number of halogens is 3. The maximum absolute atomic E-state index is 14.3. The van der Waals surface area contributed by atoms with Crippen LogP contribution in [-0.4, -0.2) is 40.1 Å². The first kappa shape index (κ1) is 16.7. The number of thiazole rings is 1. The first-order valence-electron chi connectivity index (χ1n) is 7.29. The summed E-state index contributed by atoms with van der Waals surface area (Å²) in [5.41, 5.74) is 0.546. The van der Waals surface area contributed by atoms with E-state index in [1.165, 1.54) is 23.4 Å². The van der Waals surface area contributed by atoms with Crippen LogP contribution < -0.4 is 4.90 Å². The Balaban J connectivity index is 1.71. The van der Waals surface area contributed by atoms with Crippen molar-refractivity contribution in [1.29, 1.82) is 0 Å². The van der Waals surface area contributed by atoms with Crippen LogP contribution in [0.15, 0.2) is 18.5 Å². The molecule has 0 bridgehead atoms. The Labute approximate surface area is 139 Å². The summed E-state index contributed by atoms with van der Waals surface area (Å²) in [6.45, 7) is 0.120. The second-order valence-electron chi connectivity index (χ2n) is 5.59. The molecular formula is C15H14F3N3O2S. The summed E-state index contributed by atoms with van der Waals surface area (Å²) in [4.78, 5) is 20.5. The van der Waals surface area contributed by atoms with E-state index in [4.69, 9.17) is 5.11 Å². The summed E-state index contributed by atoms with van der Waals surface area (Å²) in [6, 6.07) is 1.29. The van der Waals surface area contributed by atoms with Crippen LogP contribution in [0.1, 0.15) is 33.1 Å². The van der Waals surface area contributed by atoms with Gasteiger partial charge in [0.25, 0.3) is 5.92 Å². The molecule has 0 aromatic carbocycles. The summed E-state index contributed by atoms with van der Waals surface area (Å²) in [7, 11) is 0. The molecule has 1 N–H and O–H groups in total. The molecule has 0 amide bonds. The van der Waals surface area contributed by atoms with Crippen LogP contribution >= 0.6 is 11.3 Å². The molecule has 1 aliphatic heterocycles. The largest absolute Gasteiger partial charge is 0.477 e. The quantitative estimate of drug-likeness (QED) is 0.910. The van der Waals surface area contributed by atoms with Gasteiger partial charge in [0.1, 0.15) is 4.88 Å². The van der Waals surface area contributed by atoms with Gasteiger partial charge in [0.15, 0.2) is 11.6 Å². The third kappa shape index (κ3) is 3.66. The molecule has 1 saturated heterocycles. The minimum absolute atomic E-state index is 0.0602. The number of carbonyl (C=O) groups is 1. The van der Waals surface area contributed by atoms with Crippen molar-refractivity contribution in [3.05, 3.63) is 39.7 Å². The van der Waals surface area contributed by atoms with Gasteiger partial charge in [0.05, 0.1) is 11.2 Å². The zero-order valence-electron chi connectivity index (χ0n) is 12.5. The lowest BCUT2D eigenvalue weighted by atomic mass is 10.1. The van der Waals surface area contributed by atoms with E-state index < -0.39 is 17.7 Å². The Kier molecular flexibility index (Phi) is 4.44. The maximum atomic E-state index is 14.3. The van der Waals surface area contributed by atoms with Crippen LogP contribution in [0.4, 0.5) is 19.0 Å². The first-order valence-corrected chi connectivity index (χ1v) is 8.11. The molecule has 24 heavy (non-hydrogen) atoms. The first-order chi connectivity index (χ1) is 11.3. The van der Waals surface area contributed by atoms with E-state index >= 15 is 0 Å². The highest BCUT2D eigenvalue weighted by atomic mass is 32.1. The molecule has 2 aromatic rings. The molecule has 5 nitrogen and oxygen atoms in total. The van der Waals surface area contributed by atoms with Gasteiger partial charge in [-0.1, -0.05) is 0 Å². The van der Waals surface area contributed by atoms with Crippen molar-refractivity contribution >= 4 is 23.1 Å². The summed E-state index contributed by atoms with van der Waals surface area (Å²) >= 11 is 1.02. The van der Waals surface area contributed by atoms with Gasteiger partial charge in [-0.25, -0.2) is 27.9 Å². The molecule has 0 radical (unpaired) electrons. The number of piperidine rings is 1. The Morgan fingerprint density at radius 2 is 2.00 bits per heavy atom. The molecule has 0 atom stereocenters. The number of hydrogen-bond acceptors (Lipinski definition) is 5. The predicted molar refractivity (Wildman–Crippen MR) is 82.5 cm³/mol. The highest BCUT2D eigenvalue weighted by molar-refractivity contribution is 7.13. The Bertz CT molecular complexity index is 756. The fourth-order valence-corrected chi connectivity index (χ4v) is 3.30. The molecule has 0 spiro atoms. The SMILES string of the molecule is O=C(O)c1cnc(Cc2cnc(N3CCC(F)(F)CC3)c(F)c2)s1. The van der Waals surface area contributed by atoms with E-state index in [2.05, 4.69) is 9.97 Å². The topological polar surface area (TPSA) is 66.3 Å². The lowest BCUT2D eigenvalue weighted by Gasteiger charge is -2.32. The van der Waals surface area contributed by atoms with Gasteiger partial charge in [0.2, 0.25) is 0 Å². The molecule has 0 saturated carbocycles. The van der Waals surface area contributed by atoms with Crippen molar-refractivity contribution in [2.75, 3.05) is 18.0 Å². The van der Waals surface area contributed by atoms with E-state index in [0.29, 0.717) is 10.6 Å². The van der Waals surface area contributed by atoms with Crippen molar-refractivity contribution in [3.63, 3.8) is 0 Å². The number of anilines is 1. The van der Waals surface area contributed by atoms with Crippen LogP contribution in [0.25, 0.3) is 0 Å². The molecule has 0 unspecified atom stereocenters. The Morgan fingerprint density at radius 3 is 2.58 bits per heavy atom. The van der Waals surface area contributed by atoms with Crippen molar-refractivity contribution in [1.82, 2.24) is 9.97 Å². The standard InChI is InChI=1S/C15H14F3N3O2S/c16-10-5-9(6-12-19-8-11(24-12)14(22)23)7-20-13(10)21-3-1-15(17,18)2-4-21/h5,7-8H,1-4,6H2,(H,22,23). The molecule has 3 heterocycles. The third-order valence-corrected chi connectivity index (χ3v) is 4.78. The molecule has 9 heteroatoms. The minimum Gasteiger partial charge on any atom is -0.477 e. The highest BCUT2D eigenvalue weighted by Gasteiger charge is 2.35. The lowest BCUT2D eigenvalue weighted by Crippen LogP contribution is -2.40. The van der Waals surface area contributed by atoms with Crippen molar-refractivity contribution < 1.29 is 23.1 Å². The second-order valence-corrected chi connectivity index (χ2v) is 6.71. The van der Waals surface area contributed by atoms with Gasteiger partial charge < -0.3 is 10.0 Å². The van der Waals surface area contributed by atoms with E-state index in [9.17, 15) is 18.0 Å². The number of carboxylic acid groups (broad SMARTS) is 1. The number of carboxylic acids is 1. The number of aromatic carboxylic acids is 1. The average Bonchev–Trinajstić information content (AvgIpc) is 2.97. The molecule has 2 aromatic heterocycles.